The zero-order chi connectivity index (χ0) is 13.5. The van der Waals surface area contributed by atoms with Crippen LogP contribution >= 0.6 is 0 Å². The molecule has 2 nitrogen and oxygen atoms in total. The minimum absolute atomic E-state index is 0.715. The number of nitrogens with one attached hydrogen (secondary N) is 1. The van der Waals surface area contributed by atoms with Crippen LogP contribution in [-0.4, -0.2) is 37.1 Å². The van der Waals surface area contributed by atoms with Crippen LogP contribution < -0.4 is 5.32 Å². The first-order valence-electron chi connectivity index (χ1n) is 8.05. The van der Waals surface area contributed by atoms with Crippen LogP contribution in [0.1, 0.15) is 59.8 Å². The predicted octanol–water partition coefficient (Wildman–Crippen LogP) is 3.52. The molecule has 0 aromatic heterocycles. The summed E-state index contributed by atoms with van der Waals surface area (Å²) in [6.07, 6.45) is 6.82. The summed E-state index contributed by atoms with van der Waals surface area (Å²) >= 11 is 0. The summed E-state index contributed by atoms with van der Waals surface area (Å²) in [5.74, 6) is 1.77. The first kappa shape index (κ1) is 16.0. The van der Waals surface area contributed by atoms with Crippen LogP contribution in [0.25, 0.3) is 0 Å². The molecule has 4 atom stereocenters. The van der Waals surface area contributed by atoms with E-state index in [-0.39, 0.29) is 0 Å². The predicted molar refractivity (Wildman–Crippen MR) is 81.0 cm³/mol. The van der Waals surface area contributed by atoms with Gasteiger partial charge in [-0.2, -0.15) is 0 Å². The topological polar surface area (TPSA) is 15.3 Å². The molecule has 0 aliphatic heterocycles. The third-order valence-electron chi connectivity index (χ3n) is 4.83. The Kier molecular flexibility index (Phi) is 7.25. The highest BCUT2D eigenvalue weighted by Crippen LogP contribution is 2.30. The fourth-order valence-corrected chi connectivity index (χ4v) is 3.35. The minimum atomic E-state index is 0.715. The molecule has 0 aromatic rings. The normalized spacial score (nSPS) is 30.7. The highest BCUT2D eigenvalue weighted by atomic mass is 15.2. The van der Waals surface area contributed by atoms with E-state index in [0.29, 0.717) is 6.04 Å². The van der Waals surface area contributed by atoms with Crippen LogP contribution in [0.2, 0.25) is 0 Å². The van der Waals surface area contributed by atoms with Gasteiger partial charge in [0.05, 0.1) is 0 Å². The van der Waals surface area contributed by atoms with Gasteiger partial charge in [0.2, 0.25) is 0 Å². The quantitative estimate of drug-likeness (QED) is 0.748. The Hall–Kier alpha value is -0.0800. The Bertz CT molecular complexity index is 217. The summed E-state index contributed by atoms with van der Waals surface area (Å²) in [7, 11) is 2.33. The van der Waals surface area contributed by atoms with Crippen molar-refractivity contribution in [3.63, 3.8) is 0 Å². The van der Waals surface area contributed by atoms with Crippen molar-refractivity contribution < 1.29 is 0 Å². The van der Waals surface area contributed by atoms with Crippen LogP contribution in [0.3, 0.4) is 0 Å². The van der Waals surface area contributed by atoms with Gasteiger partial charge >= 0.3 is 0 Å². The molecule has 0 spiro atoms. The van der Waals surface area contributed by atoms with Crippen LogP contribution in [0, 0.1) is 11.8 Å². The summed E-state index contributed by atoms with van der Waals surface area (Å²) in [5, 5.41) is 3.71. The molecule has 1 fully saturated rings. The van der Waals surface area contributed by atoms with E-state index in [1.165, 1.54) is 38.6 Å². The summed E-state index contributed by atoms with van der Waals surface area (Å²) < 4.78 is 0. The van der Waals surface area contributed by atoms with E-state index in [2.05, 4.69) is 45.0 Å². The third-order valence-corrected chi connectivity index (χ3v) is 4.83. The molecule has 0 amide bonds. The van der Waals surface area contributed by atoms with Crippen molar-refractivity contribution in [1.82, 2.24) is 10.2 Å². The molecule has 0 saturated heterocycles. The zero-order valence-corrected chi connectivity index (χ0v) is 13.2. The molecule has 1 rings (SSSR count). The highest BCUT2D eigenvalue weighted by Gasteiger charge is 2.31. The van der Waals surface area contributed by atoms with E-state index in [4.69, 9.17) is 0 Å². The van der Waals surface area contributed by atoms with Crippen LogP contribution in [0.15, 0.2) is 0 Å². The number of nitrogens with zero attached hydrogens (tertiary/aromatic N) is 1. The van der Waals surface area contributed by atoms with Gasteiger partial charge < -0.3 is 10.2 Å². The van der Waals surface area contributed by atoms with Gasteiger partial charge in [0.1, 0.15) is 0 Å². The molecule has 108 valence electrons. The molecule has 1 N–H and O–H groups in total. The van der Waals surface area contributed by atoms with Crippen molar-refractivity contribution in [2.75, 3.05) is 20.1 Å². The second-order valence-electron chi connectivity index (χ2n) is 6.27. The summed E-state index contributed by atoms with van der Waals surface area (Å²) in [4.78, 5) is 2.63. The first-order valence-corrected chi connectivity index (χ1v) is 8.05. The van der Waals surface area contributed by atoms with E-state index in [1.54, 1.807) is 0 Å². The van der Waals surface area contributed by atoms with E-state index < -0.39 is 0 Å². The standard InChI is InChI=1S/C16H34N2/c1-6-13(4)12-18(5)16-11-14(7-2)9-10-15(16)17-8-3/h13-17H,6-12H2,1-5H3. The third kappa shape index (κ3) is 4.55. The molecule has 0 heterocycles. The molecule has 1 aliphatic carbocycles. The Labute approximate surface area is 115 Å². The lowest BCUT2D eigenvalue weighted by atomic mass is 9.80. The first-order chi connectivity index (χ1) is 8.62. The maximum absolute atomic E-state index is 3.71. The largest absolute Gasteiger partial charge is 0.313 e. The van der Waals surface area contributed by atoms with Gasteiger partial charge in [0.25, 0.3) is 0 Å². The van der Waals surface area contributed by atoms with Crippen LogP contribution in [0.4, 0.5) is 0 Å². The average Bonchev–Trinajstić information content (AvgIpc) is 2.39. The van der Waals surface area contributed by atoms with Crippen molar-refractivity contribution in [3.05, 3.63) is 0 Å². The van der Waals surface area contributed by atoms with Gasteiger partial charge in [-0.3, -0.25) is 0 Å². The molecule has 2 heteroatoms. The Balaban J connectivity index is 2.58. The lowest BCUT2D eigenvalue weighted by molar-refractivity contribution is 0.106. The molecule has 0 radical (unpaired) electrons. The lowest BCUT2D eigenvalue weighted by Crippen LogP contribution is -2.52. The summed E-state index contributed by atoms with van der Waals surface area (Å²) in [5.41, 5.74) is 0. The van der Waals surface area contributed by atoms with Gasteiger partial charge in [-0.05, 0) is 44.7 Å². The van der Waals surface area contributed by atoms with E-state index in [9.17, 15) is 0 Å². The van der Waals surface area contributed by atoms with E-state index in [1.807, 2.05) is 0 Å². The maximum atomic E-state index is 3.71. The summed E-state index contributed by atoms with van der Waals surface area (Å²) in [6, 6.07) is 1.46. The van der Waals surface area contributed by atoms with Crippen molar-refractivity contribution in [3.8, 4) is 0 Å². The summed E-state index contributed by atoms with van der Waals surface area (Å²) in [6.45, 7) is 11.6. The van der Waals surface area contributed by atoms with Gasteiger partial charge in [0, 0.05) is 18.6 Å². The second kappa shape index (κ2) is 8.16. The van der Waals surface area contributed by atoms with Crippen LogP contribution in [-0.2, 0) is 0 Å². The molecular weight excluding hydrogens is 220 g/mol. The minimum Gasteiger partial charge on any atom is -0.313 e. The van der Waals surface area contributed by atoms with E-state index in [0.717, 1.165) is 24.4 Å². The van der Waals surface area contributed by atoms with Crippen molar-refractivity contribution in [2.45, 2.75) is 71.9 Å². The molecule has 0 aromatic carbocycles. The zero-order valence-electron chi connectivity index (χ0n) is 13.2. The second-order valence-corrected chi connectivity index (χ2v) is 6.27. The SMILES string of the molecule is CCNC1CCC(CC)CC1N(C)CC(C)CC. The van der Waals surface area contributed by atoms with Crippen molar-refractivity contribution in [2.24, 2.45) is 11.8 Å². The monoisotopic (exact) mass is 254 g/mol. The van der Waals surface area contributed by atoms with Gasteiger partial charge in [-0.25, -0.2) is 0 Å². The van der Waals surface area contributed by atoms with E-state index >= 15 is 0 Å². The Morgan fingerprint density at radius 3 is 2.50 bits per heavy atom. The molecule has 1 aliphatic rings. The van der Waals surface area contributed by atoms with Gasteiger partial charge in [0.15, 0.2) is 0 Å². The fraction of sp³-hybridized carbons (Fsp3) is 1.00. The molecule has 0 bridgehead atoms. The average molecular weight is 254 g/mol. The maximum Gasteiger partial charge on any atom is 0.0249 e. The van der Waals surface area contributed by atoms with Crippen molar-refractivity contribution in [1.29, 1.82) is 0 Å². The van der Waals surface area contributed by atoms with Crippen LogP contribution in [0.5, 0.6) is 0 Å². The van der Waals surface area contributed by atoms with Crippen molar-refractivity contribution >= 4 is 0 Å². The highest BCUT2D eigenvalue weighted by molar-refractivity contribution is 4.90. The number of likely N-dealkylation sites (N-methyl/N-ethyl adjacent to an activating group) is 2. The fourth-order valence-electron chi connectivity index (χ4n) is 3.35. The molecule has 18 heavy (non-hydrogen) atoms. The molecular formula is C16H34N2. The molecule has 4 unspecified atom stereocenters. The smallest absolute Gasteiger partial charge is 0.0249 e. The number of hydrogen-bond acceptors (Lipinski definition) is 2. The molecule has 1 saturated carbocycles. The number of rotatable bonds is 7. The Morgan fingerprint density at radius 1 is 1.22 bits per heavy atom. The number of hydrogen-bond donors (Lipinski definition) is 1. The Morgan fingerprint density at radius 2 is 1.94 bits per heavy atom. The van der Waals surface area contributed by atoms with Gasteiger partial charge in [-0.1, -0.05) is 40.5 Å². The van der Waals surface area contributed by atoms with Gasteiger partial charge in [-0.15, -0.1) is 0 Å². The lowest BCUT2D eigenvalue weighted by Gasteiger charge is -2.42.